The van der Waals surface area contributed by atoms with Crippen LogP contribution in [0.3, 0.4) is 0 Å². The number of thiol groups is 1. The van der Waals surface area contributed by atoms with Crippen LogP contribution < -0.4 is 5.32 Å². The van der Waals surface area contributed by atoms with Gasteiger partial charge in [-0.25, -0.2) is 0 Å². The van der Waals surface area contributed by atoms with Gasteiger partial charge >= 0.3 is 0 Å². The highest BCUT2D eigenvalue weighted by atomic mass is 32.1. The van der Waals surface area contributed by atoms with E-state index in [1.54, 1.807) is 0 Å². The molecule has 1 amide bonds. The maximum absolute atomic E-state index is 12.1. The zero-order valence-electron chi connectivity index (χ0n) is 12.3. The maximum Gasteiger partial charge on any atom is 0.237 e. The molecule has 3 rings (SSSR count). The van der Waals surface area contributed by atoms with Crippen LogP contribution in [0.4, 0.5) is 5.69 Å². The number of carbonyl (C=O) groups is 1. The first-order valence-corrected chi connectivity index (χ1v) is 7.78. The minimum Gasteiger partial charge on any atom is -0.325 e. The highest BCUT2D eigenvalue weighted by Crippen LogP contribution is 2.37. The first kappa shape index (κ1) is 14.2. The Morgan fingerprint density at radius 3 is 2.57 bits per heavy atom. The Labute approximate surface area is 131 Å². The fraction of sp³-hybridized carbons (Fsp3) is 0.278. The van der Waals surface area contributed by atoms with Crippen LogP contribution in [0.25, 0.3) is 11.1 Å². The van der Waals surface area contributed by atoms with Crippen molar-refractivity contribution in [3.05, 3.63) is 53.6 Å². The second kappa shape index (κ2) is 5.57. The molecule has 0 aromatic heterocycles. The van der Waals surface area contributed by atoms with E-state index in [2.05, 4.69) is 54.3 Å². The van der Waals surface area contributed by atoms with E-state index >= 15 is 0 Å². The molecule has 1 atom stereocenters. The largest absolute Gasteiger partial charge is 0.325 e. The lowest BCUT2D eigenvalue weighted by atomic mass is 10.1. The van der Waals surface area contributed by atoms with Gasteiger partial charge < -0.3 is 5.32 Å². The average molecular weight is 297 g/mol. The van der Waals surface area contributed by atoms with Crippen molar-refractivity contribution < 1.29 is 4.79 Å². The molecule has 0 spiro atoms. The molecule has 0 bridgehead atoms. The van der Waals surface area contributed by atoms with Gasteiger partial charge in [0.05, 0.1) is 5.25 Å². The van der Waals surface area contributed by atoms with E-state index in [0.29, 0.717) is 0 Å². The Bertz CT molecular complexity index is 693. The van der Waals surface area contributed by atoms with E-state index in [-0.39, 0.29) is 17.1 Å². The fourth-order valence-electron chi connectivity index (χ4n) is 2.74. The molecule has 0 radical (unpaired) electrons. The molecule has 1 unspecified atom stereocenters. The van der Waals surface area contributed by atoms with Gasteiger partial charge in [0, 0.05) is 5.69 Å². The number of benzene rings is 2. The van der Waals surface area contributed by atoms with Gasteiger partial charge in [0.2, 0.25) is 5.91 Å². The van der Waals surface area contributed by atoms with Gasteiger partial charge in [-0.2, -0.15) is 12.6 Å². The smallest absolute Gasteiger partial charge is 0.237 e. The summed E-state index contributed by atoms with van der Waals surface area (Å²) in [4.78, 5) is 12.1. The minimum atomic E-state index is -0.282. The van der Waals surface area contributed by atoms with Crippen LogP contribution in [-0.2, 0) is 11.2 Å². The summed E-state index contributed by atoms with van der Waals surface area (Å²) in [7, 11) is 0. The number of anilines is 1. The van der Waals surface area contributed by atoms with Crippen molar-refractivity contribution in [1.29, 1.82) is 0 Å². The van der Waals surface area contributed by atoms with Crippen LogP contribution in [0.5, 0.6) is 0 Å². The lowest BCUT2D eigenvalue weighted by molar-refractivity contribution is -0.116. The van der Waals surface area contributed by atoms with E-state index in [0.717, 1.165) is 12.1 Å². The average Bonchev–Trinajstić information content (AvgIpc) is 2.83. The number of hydrogen-bond acceptors (Lipinski definition) is 2. The van der Waals surface area contributed by atoms with Crippen molar-refractivity contribution >= 4 is 24.2 Å². The molecule has 2 aromatic carbocycles. The molecule has 2 nitrogen and oxygen atoms in total. The Balaban J connectivity index is 1.83. The zero-order chi connectivity index (χ0) is 15.0. The second-order valence-corrected chi connectivity index (χ2v) is 6.44. The lowest BCUT2D eigenvalue weighted by Gasteiger charge is -2.15. The molecule has 0 heterocycles. The normalized spacial score (nSPS) is 13.7. The molecule has 0 fully saturated rings. The summed E-state index contributed by atoms with van der Waals surface area (Å²) in [5.41, 5.74) is 6.06. The summed E-state index contributed by atoms with van der Waals surface area (Å²) in [5.74, 6) is 0.177. The number of nitrogens with one attached hydrogen (secondary N) is 1. The van der Waals surface area contributed by atoms with Crippen molar-refractivity contribution in [2.24, 2.45) is 5.92 Å². The van der Waals surface area contributed by atoms with E-state index in [4.69, 9.17) is 0 Å². The fourth-order valence-corrected chi connectivity index (χ4v) is 2.81. The summed E-state index contributed by atoms with van der Waals surface area (Å²) in [6, 6.07) is 14.6. The number of hydrogen-bond donors (Lipinski definition) is 2. The first-order chi connectivity index (χ1) is 10.1. The van der Waals surface area contributed by atoms with Gasteiger partial charge in [-0.3, -0.25) is 4.79 Å². The van der Waals surface area contributed by atoms with Crippen LogP contribution >= 0.6 is 12.6 Å². The van der Waals surface area contributed by atoms with Crippen molar-refractivity contribution in [2.75, 3.05) is 5.32 Å². The van der Waals surface area contributed by atoms with Gasteiger partial charge in [0.1, 0.15) is 0 Å². The summed E-state index contributed by atoms with van der Waals surface area (Å²) in [5, 5.41) is 2.68. The molecule has 0 saturated heterocycles. The van der Waals surface area contributed by atoms with Crippen LogP contribution in [0, 0.1) is 5.92 Å². The summed E-state index contributed by atoms with van der Waals surface area (Å²) in [6.45, 7) is 3.99. The Morgan fingerprint density at radius 2 is 1.81 bits per heavy atom. The monoisotopic (exact) mass is 297 g/mol. The van der Waals surface area contributed by atoms with Gasteiger partial charge in [-0.1, -0.05) is 44.2 Å². The number of fused-ring (bicyclic) bond motifs is 3. The van der Waals surface area contributed by atoms with E-state index < -0.39 is 0 Å². The maximum atomic E-state index is 12.1. The van der Waals surface area contributed by atoms with Gasteiger partial charge in [0.25, 0.3) is 0 Å². The molecule has 3 heteroatoms. The quantitative estimate of drug-likeness (QED) is 0.699. The van der Waals surface area contributed by atoms with Gasteiger partial charge in [-0.15, -0.1) is 0 Å². The Hall–Kier alpha value is -1.74. The van der Waals surface area contributed by atoms with Crippen molar-refractivity contribution in [2.45, 2.75) is 25.5 Å². The van der Waals surface area contributed by atoms with Gasteiger partial charge in [-0.05, 0) is 46.7 Å². The highest BCUT2D eigenvalue weighted by Gasteiger charge is 2.20. The number of carbonyl (C=O) groups excluding carboxylic acids is 1. The highest BCUT2D eigenvalue weighted by molar-refractivity contribution is 7.81. The summed E-state index contributed by atoms with van der Waals surface area (Å²) in [6.07, 6.45) is 0.934. The Kier molecular flexibility index (Phi) is 3.77. The molecule has 1 N–H and O–H groups in total. The molecular formula is C18H19NOS. The predicted octanol–water partition coefficient (Wildman–Crippen LogP) is 4.15. The molecule has 0 aliphatic heterocycles. The Morgan fingerprint density at radius 1 is 1.10 bits per heavy atom. The van der Waals surface area contributed by atoms with E-state index in [9.17, 15) is 4.79 Å². The van der Waals surface area contributed by atoms with Crippen LogP contribution in [0.2, 0.25) is 0 Å². The van der Waals surface area contributed by atoms with Crippen LogP contribution in [0.15, 0.2) is 42.5 Å². The lowest BCUT2D eigenvalue weighted by Crippen LogP contribution is -2.27. The standard InChI is InChI=1S/C18H19NOS/c1-11(2)17(21)18(20)19-14-7-8-16-13(10-14)9-12-5-3-4-6-15(12)16/h3-8,10-11,17,21H,9H2,1-2H3,(H,19,20). The summed E-state index contributed by atoms with van der Waals surface area (Å²) >= 11 is 4.36. The van der Waals surface area contributed by atoms with Crippen LogP contribution in [-0.4, -0.2) is 11.2 Å². The predicted molar refractivity (Wildman–Crippen MR) is 90.9 cm³/mol. The third-order valence-corrected chi connectivity index (χ3v) is 4.79. The van der Waals surface area contributed by atoms with Crippen LogP contribution in [0.1, 0.15) is 25.0 Å². The van der Waals surface area contributed by atoms with E-state index in [1.807, 2.05) is 19.9 Å². The molecule has 1 aliphatic carbocycles. The molecule has 0 saturated carbocycles. The molecule has 2 aromatic rings. The van der Waals surface area contributed by atoms with Crippen molar-refractivity contribution in [1.82, 2.24) is 0 Å². The molecular weight excluding hydrogens is 278 g/mol. The first-order valence-electron chi connectivity index (χ1n) is 7.26. The van der Waals surface area contributed by atoms with E-state index in [1.165, 1.54) is 22.3 Å². The second-order valence-electron chi connectivity index (χ2n) is 5.88. The molecule has 1 aliphatic rings. The number of rotatable bonds is 3. The van der Waals surface area contributed by atoms with Gasteiger partial charge in [0.15, 0.2) is 0 Å². The van der Waals surface area contributed by atoms with Crippen molar-refractivity contribution in [3.8, 4) is 11.1 Å². The minimum absolute atomic E-state index is 0.0382. The zero-order valence-corrected chi connectivity index (χ0v) is 13.2. The number of amides is 1. The molecule has 108 valence electrons. The topological polar surface area (TPSA) is 29.1 Å². The molecule has 21 heavy (non-hydrogen) atoms. The third kappa shape index (κ3) is 2.70. The summed E-state index contributed by atoms with van der Waals surface area (Å²) < 4.78 is 0. The van der Waals surface area contributed by atoms with Crippen molar-refractivity contribution in [3.63, 3.8) is 0 Å². The third-order valence-electron chi connectivity index (χ3n) is 3.96. The SMILES string of the molecule is CC(C)C(S)C(=O)Nc1ccc2c(c1)Cc1ccccc1-2.